The molecule has 0 fully saturated rings. The molecule has 4 heteroatoms. The average molecular weight is 299 g/mol. The summed E-state index contributed by atoms with van der Waals surface area (Å²) >= 11 is 3.40. The smallest absolute Gasteiger partial charge is 0.316 e. The fourth-order valence-corrected chi connectivity index (χ4v) is 2.05. The summed E-state index contributed by atoms with van der Waals surface area (Å²) in [5.41, 5.74) is 0.935. The minimum Gasteiger partial charge on any atom is -0.468 e. The largest absolute Gasteiger partial charge is 0.468 e. The third-order valence-corrected chi connectivity index (χ3v) is 3.38. The van der Waals surface area contributed by atoms with E-state index in [1.54, 1.807) is 6.92 Å². The highest BCUT2D eigenvalue weighted by atomic mass is 79.9. The number of hydrogen-bond acceptors (Lipinski definition) is 3. The highest BCUT2D eigenvalue weighted by Crippen LogP contribution is 2.21. The molecule has 3 nitrogen and oxygen atoms in total. The Hall–Kier alpha value is -1.16. The Labute approximate surface area is 109 Å². The molecule has 0 amide bonds. The second-order valence-corrected chi connectivity index (χ2v) is 4.55. The number of Topliss-reactive ketones (excluding diaryl/α,β-unsaturated/α-hetero) is 1. The van der Waals surface area contributed by atoms with Gasteiger partial charge in [-0.15, -0.1) is 0 Å². The van der Waals surface area contributed by atoms with Crippen LogP contribution in [-0.4, -0.2) is 18.9 Å². The number of halogens is 1. The van der Waals surface area contributed by atoms with Gasteiger partial charge in [0.15, 0.2) is 0 Å². The van der Waals surface area contributed by atoms with E-state index in [0.717, 1.165) is 10.0 Å². The van der Waals surface area contributed by atoms with Crippen LogP contribution in [0.3, 0.4) is 0 Å². The fraction of sp³-hybridized carbons (Fsp3) is 0.385. The molecule has 0 heterocycles. The van der Waals surface area contributed by atoms with Gasteiger partial charge in [0, 0.05) is 10.9 Å². The standard InChI is InChI=1S/C13H15BrO3/c1-3-12(15)10(13(16)17-2)8-9-6-4-5-7-11(9)14/h4-7,10H,3,8H2,1-2H3. The zero-order valence-corrected chi connectivity index (χ0v) is 11.5. The van der Waals surface area contributed by atoms with Gasteiger partial charge in [0.2, 0.25) is 0 Å². The summed E-state index contributed by atoms with van der Waals surface area (Å²) in [4.78, 5) is 23.3. The minimum atomic E-state index is -0.705. The first-order valence-corrected chi connectivity index (χ1v) is 6.23. The molecule has 0 radical (unpaired) electrons. The number of rotatable bonds is 5. The molecule has 0 bridgehead atoms. The Morgan fingerprint density at radius 2 is 2.00 bits per heavy atom. The normalized spacial score (nSPS) is 11.9. The SMILES string of the molecule is CCC(=O)C(Cc1ccccc1Br)C(=O)OC. The first-order valence-electron chi connectivity index (χ1n) is 5.44. The summed E-state index contributed by atoms with van der Waals surface area (Å²) in [6, 6.07) is 7.55. The molecule has 1 rings (SSSR count). The summed E-state index contributed by atoms with van der Waals surface area (Å²) in [7, 11) is 1.30. The molecule has 17 heavy (non-hydrogen) atoms. The second-order valence-electron chi connectivity index (χ2n) is 3.69. The van der Waals surface area contributed by atoms with Crippen LogP contribution in [0, 0.1) is 5.92 Å². The Kier molecular flexibility index (Phi) is 5.35. The molecule has 0 saturated heterocycles. The van der Waals surface area contributed by atoms with Crippen LogP contribution in [-0.2, 0) is 20.7 Å². The first-order chi connectivity index (χ1) is 8.10. The van der Waals surface area contributed by atoms with E-state index in [9.17, 15) is 9.59 Å². The van der Waals surface area contributed by atoms with Gasteiger partial charge in [0.25, 0.3) is 0 Å². The van der Waals surface area contributed by atoms with Crippen molar-refractivity contribution < 1.29 is 14.3 Å². The van der Waals surface area contributed by atoms with E-state index in [-0.39, 0.29) is 5.78 Å². The van der Waals surface area contributed by atoms with Crippen LogP contribution >= 0.6 is 15.9 Å². The molecule has 0 aromatic heterocycles. The van der Waals surface area contributed by atoms with Crippen LogP contribution in [0.4, 0.5) is 0 Å². The molecule has 0 N–H and O–H groups in total. The molecular weight excluding hydrogens is 284 g/mol. The van der Waals surface area contributed by atoms with Gasteiger partial charge in [0.05, 0.1) is 7.11 Å². The summed E-state index contributed by atoms with van der Waals surface area (Å²) in [5, 5.41) is 0. The van der Waals surface area contributed by atoms with Gasteiger partial charge < -0.3 is 4.74 Å². The van der Waals surface area contributed by atoms with E-state index >= 15 is 0 Å². The molecule has 92 valence electrons. The number of ketones is 1. The van der Waals surface area contributed by atoms with Crippen LogP contribution in [0.2, 0.25) is 0 Å². The average Bonchev–Trinajstić information content (AvgIpc) is 2.36. The van der Waals surface area contributed by atoms with Gasteiger partial charge in [-0.2, -0.15) is 0 Å². The number of benzene rings is 1. The third kappa shape index (κ3) is 3.66. The fourth-order valence-electron chi connectivity index (χ4n) is 1.60. The van der Waals surface area contributed by atoms with Crippen molar-refractivity contribution in [3.63, 3.8) is 0 Å². The number of carbonyl (C=O) groups is 2. The van der Waals surface area contributed by atoms with E-state index in [1.165, 1.54) is 7.11 Å². The Morgan fingerprint density at radius 3 is 2.53 bits per heavy atom. The molecule has 0 spiro atoms. The first kappa shape index (κ1) is 13.9. The van der Waals surface area contributed by atoms with Crippen molar-refractivity contribution in [2.75, 3.05) is 7.11 Å². The summed E-state index contributed by atoms with van der Waals surface area (Å²) in [5.74, 6) is -1.26. The predicted octanol–water partition coefficient (Wildman–Crippen LogP) is 2.76. The number of carbonyl (C=O) groups excluding carboxylic acids is 2. The molecular formula is C13H15BrO3. The molecule has 0 saturated carbocycles. The second kappa shape index (κ2) is 6.55. The van der Waals surface area contributed by atoms with Gasteiger partial charge in [-0.3, -0.25) is 9.59 Å². The maximum absolute atomic E-state index is 11.7. The lowest BCUT2D eigenvalue weighted by molar-refractivity contribution is -0.149. The van der Waals surface area contributed by atoms with Gasteiger partial charge in [-0.1, -0.05) is 41.1 Å². The summed E-state index contributed by atoms with van der Waals surface area (Å²) in [6.07, 6.45) is 0.713. The summed E-state index contributed by atoms with van der Waals surface area (Å²) < 4.78 is 5.57. The van der Waals surface area contributed by atoms with Crippen LogP contribution < -0.4 is 0 Å². The van der Waals surface area contributed by atoms with E-state index in [4.69, 9.17) is 0 Å². The molecule has 1 atom stereocenters. The van der Waals surface area contributed by atoms with Crippen LogP contribution in [0.15, 0.2) is 28.7 Å². The Balaban J connectivity index is 2.91. The van der Waals surface area contributed by atoms with E-state index in [0.29, 0.717) is 12.8 Å². The molecule has 0 aliphatic heterocycles. The zero-order chi connectivity index (χ0) is 12.8. The van der Waals surface area contributed by atoms with E-state index < -0.39 is 11.9 Å². The van der Waals surface area contributed by atoms with Crippen molar-refractivity contribution in [3.8, 4) is 0 Å². The Bertz CT molecular complexity index is 399. The van der Waals surface area contributed by atoms with Crippen molar-refractivity contribution in [2.45, 2.75) is 19.8 Å². The molecule has 0 aliphatic carbocycles. The van der Waals surface area contributed by atoms with Crippen molar-refractivity contribution in [1.29, 1.82) is 0 Å². The number of methoxy groups -OCH3 is 1. The Morgan fingerprint density at radius 1 is 1.35 bits per heavy atom. The van der Waals surface area contributed by atoms with E-state index in [1.807, 2.05) is 24.3 Å². The predicted molar refractivity (Wildman–Crippen MR) is 68.7 cm³/mol. The van der Waals surface area contributed by atoms with Crippen molar-refractivity contribution in [2.24, 2.45) is 5.92 Å². The maximum Gasteiger partial charge on any atom is 0.316 e. The molecule has 0 aliphatic rings. The highest BCUT2D eigenvalue weighted by molar-refractivity contribution is 9.10. The molecule has 1 aromatic carbocycles. The molecule has 1 aromatic rings. The third-order valence-electron chi connectivity index (χ3n) is 2.60. The van der Waals surface area contributed by atoms with Crippen LogP contribution in [0.1, 0.15) is 18.9 Å². The van der Waals surface area contributed by atoms with Gasteiger partial charge in [0.1, 0.15) is 11.7 Å². The molecule has 1 unspecified atom stereocenters. The zero-order valence-electron chi connectivity index (χ0n) is 9.90. The lowest BCUT2D eigenvalue weighted by Crippen LogP contribution is -2.27. The topological polar surface area (TPSA) is 43.4 Å². The van der Waals surface area contributed by atoms with Crippen molar-refractivity contribution >= 4 is 27.7 Å². The van der Waals surface area contributed by atoms with E-state index in [2.05, 4.69) is 20.7 Å². The van der Waals surface area contributed by atoms with Gasteiger partial charge in [-0.25, -0.2) is 0 Å². The minimum absolute atomic E-state index is 0.0902. The quantitative estimate of drug-likeness (QED) is 0.620. The van der Waals surface area contributed by atoms with Gasteiger partial charge >= 0.3 is 5.97 Å². The highest BCUT2D eigenvalue weighted by Gasteiger charge is 2.26. The van der Waals surface area contributed by atoms with Gasteiger partial charge in [-0.05, 0) is 18.1 Å². The number of esters is 1. The van der Waals surface area contributed by atoms with Crippen LogP contribution in [0.25, 0.3) is 0 Å². The van der Waals surface area contributed by atoms with Crippen LogP contribution in [0.5, 0.6) is 0 Å². The van der Waals surface area contributed by atoms with Crippen molar-refractivity contribution in [3.05, 3.63) is 34.3 Å². The van der Waals surface area contributed by atoms with Crippen molar-refractivity contribution in [1.82, 2.24) is 0 Å². The monoisotopic (exact) mass is 298 g/mol. The number of ether oxygens (including phenoxy) is 1. The maximum atomic E-state index is 11.7. The lowest BCUT2D eigenvalue weighted by Gasteiger charge is -2.13. The number of hydrogen-bond donors (Lipinski definition) is 0. The summed E-state index contributed by atoms with van der Waals surface area (Å²) in [6.45, 7) is 1.75. The lowest BCUT2D eigenvalue weighted by atomic mass is 9.94.